The standard InChI is InChI=1S/C8H4ClNO4S/c9-15(12,13)6-3-1-2-5-8(6)10-7(4-11)14-5/h1-4H. The molecule has 0 unspecified atom stereocenters. The number of nitrogens with zero attached hydrogens (tertiary/aromatic N) is 1. The molecule has 0 saturated heterocycles. The van der Waals surface area contributed by atoms with E-state index in [4.69, 9.17) is 15.1 Å². The van der Waals surface area contributed by atoms with Gasteiger partial charge in [-0.15, -0.1) is 0 Å². The van der Waals surface area contributed by atoms with Crippen LogP contribution < -0.4 is 0 Å². The van der Waals surface area contributed by atoms with Crippen LogP contribution in [-0.2, 0) is 9.05 Å². The van der Waals surface area contributed by atoms with Crippen molar-refractivity contribution in [2.75, 3.05) is 0 Å². The van der Waals surface area contributed by atoms with Gasteiger partial charge in [-0.1, -0.05) is 6.07 Å². The van der Waals surface area contributed by atoms with Crippen LogP contribution >= 0.6 is 10.7 Å². The minimum atomic E-state index is -3.89. The van der Waals surface area contributed by atoms with E-state index >= 15 is 0 Å². The second-order valence-electron chi connectivity index (χ2n) is 2.71. The highest BCUT2D eigenvalue weighted by Gasteiger charge is 2.18. The van der Waals surface area contributed by atoms with Crippen molar-refractivity contribution >= 4 is 37.1 Å². The molecule has 7 heteroatoms. The number of carbonyl (C=O) groups is 1. The number of fused-ring (bicyclic) bond motifs is 1. The van der Waals surface area contributed by atoms with Gasteiger partial charge in [0, 0.05) is 10.7 Å². The normalized spacial score (nSPS) is 11.8. The monoisotopic (exact) mass is 245 g/mol. The summed E-state index contributed by atoms with van der Waals surface area (Å²) in [6.45, 7) is 0. The molecule has 0 aliphatic heterocycles. The average Bonchev–Trinajstić information content (AvgIpc) is 2.57. The highest BCUT2D eigenvalue weighted by atomic mass is 35.7. The summed E-state index contributed by atoms with van der Waals surface area (Å²) < 4.78 is 27.2. The fourth-order valence-corrected chi connectivity index (χ4v) is 2.18. The summed E-state index contributed by atoms with van der Waals surface area (Å²) in [5.41, 5.74) is 0.272. The largest absolute Gasteiger partial charge is 0.434 e. The van der Waals surface area contributed by atoms with E-state index in [1.807, 2.05) is 0 Å². The summed E-state index contributed by atoms with van der Waals surface area (Å²) in [6.07, 6.45) is 0.393. The van der Waals surface area contributed by atoms with E-state index in [0.29, 0.717) is 6.29 Å². The number of carbonyl (C=O) groups excluding carboxylic acids is 1. The van der Waals surface area contributed by atoms with E-state index in [1.165, 1.54) is 18.2 Å². The first-order chi connectivity index (χ1) is 7.02. The van der Waals surface area contributed by atoms with Gasteiger partial charge >= 0.3 is 0 Å². The molecule has 0 saturated carbocycles. The van der Waals surface area contributed by atoms with Crippen molar-refractivity contribution in [1.29, 1.82) is 0 Å². The lowest BCUT2D eigenvalue weighted by Crippen LogP contribution is -1.91. The zero-order chi connectivity index (χ0) is 11.1. The van der Waals surface area contributed by atoms with Gasteiger partial charge in [0.2, 0.25) is 6.29 Å². The minimum Gasteiger partial charge on any atom is -0.434 e. The second-order valence-corrected chi connectivity index (χ2v) is 5.25. The van der Waals surface area contributed by atoms with Crippen LogP contribution in [0.3, 0.4) is 0 Å². The number of aromatic nitrogens is 1. The molecule has 1 aromatic carbocycles. The van der Waals surface area contributed by atoms with Gasteiger partial charge < -0.3 is 4.42 Å². The van der Waals surface area contributed by atoms with Crippen molar-refractivity contribution in [1.82, 2.24) is 4.98 Å². The van der Waals surface area contributed by atoms with Crippen molar-refractivity contribution in [2.45, 2.75) is 4.90 Å². The molecule has 0 N–H and O–H groups in total. The van der Waals surface area contributed by atoms with Crippen LogP contribution in [0, 0.1) is 0 Å². The number of halogens is 1. The molecule has 0 fully saturated rings. The molecule has 15 heavy (non-hydrogen) atoms. The van der Waals surface area contributed by atoms with Gasteiger partial charge in [-0.25, -0.2) is 13.4 Å². The molecule has 0 bridgehead atoms. The molecule has 0 radical (unpaired) electrons. The van der Waals surface area contributed by atoms with Crippen LogP contribution in [0.15, 0.2) is 27.5 Å². The van der Waals surface area contributed by atoms with Crippen molar-refractivity contribution in [3.8, 4) is 0 Å². The topological polar surface area (TPSA) is 77.2 Å². The molecule has 2 rings (SSSR count). The van der Waals surface area contributed by atoms with Crippen LogP contribution in [0.25, 0.3) is 11.1 Å². The molecule has 2 aromatic rings. The molecule has 5 nitrogen and oxygen atoms in total. The summed E-state index contributed by atoms with van der Waals surface area (Å²) in [5.74, 6) is -0.183. The Morgan fingerprint density at radius 2 is 2.13 bits per heavy atom. The van der Waals surface area contributed by atoms with E-state index in [1.54, 1.807) is 0 Å². The quantitative estimate of drug-likeness (QED) is 0.593. The van der Waals surface area contributed by atoms with E-state index in [9.17, 15) is 13.2 Å². The SMILES string of the molecule is O=Cc1nc2c(S(=O)(=O)Cl)cccc2o1. The number of hydrogen-bond donors (Lipinski definition) is 0. The number of oxazole rings is 1. The van der Waals surface area contributed by atoms with Crippen LogP contribution in [0.2, 0.25) is 0 Å². The third-order valence-electron chi connectivity index (χ3n) is 1.76. The summed E-state index contributed by atoms with van der Waals surface area (Å²) in [4.78, 5) is 13.9. The summed E-state index contributed by atoms with van der Waals surface area (Å²) in [5, 5.41) is 0. The van der Waals surface area contributed by atoms with E-state index in [2.05, 4.69) is 4.98 Å². The van der Waals surface area contributed by atoms with Crippen LogP contribution in [0.5, 0.6) is 0 Å². The highest BCUT2D eigenvalue weighted by Crippen LogP contribution is 2.25. The zero-order valence-corrected chi connectivity index (χ0v) is 8.75. The Bertz CT molecular complexity index is 631. The predicted molar refractivity (Wildman–Crippen MR) is 52.4 cm³/mol. The Balaban J connectivity index is 2.87. The maximum absolute atomic E-state index is 11.1. The van der Waals surface area contributed by atoms with Crippen molar-refractivity contribution < 1.29 is 17.6 Å². The van der Waals surface area contributed by atoms with Gasteiger partial charge in [-0.05, 0) is 12.1 Å². The Labute approximate surface area is 89.1 Å². The molecule has 0 spiro atoms. The number of para-hydroxylation sites is 1. The smallest absolute Gasteiger partial charge is 0.263 e. The number of rotatable bonds is 2. The Morgan fingerprint density at radius 1 is 1.40 bits per heavy atom. The maximum Gasteiger partial charge on any atom is 0.263 e. The van der Waals surface area contributed by atoms with Crippen molar-refractivity contribution in [3.63, 3.8) is 0 Å². The fourth-order valence-electron chi connectivity index (χ4n) is 1.19. The second kappa shape index (κ2) is 3.32. The van der Waals surface area contributed by atoms with Crippen molar-refractivity contribution in [3.05, 3.63) is 24.1 Å². The fraction of sp³-hybridized carbons (Fsp3) is 0. The first kappa shape index (κ1) is 10.1. The van der Waals surface area contributed by atoms with Crippen LogP contribution in [0.1, 0.15) is 10.7 Å². The van der Waals surface area contributed by atoms with Crippen molar-refractivity contribution in [2.24, 2.45) is 0 Å². The highest BCUT2D eigenvalue weighted by molar-refractivity contribution is 8.14. The molecule has 0 aliphatic rings. The van der Waals surface area contributed by atoms with E-state index in [0.717, 1.165) is 0 Å². The molecule has 78 valence electrons. The number of benzene rings is 1. The average molecular weight is 246 g/mol. The predicted octanol–water partition coefficient (Wildman–Crippen LogP) is 1.57. The summed E-state index contributed by atoms with van der Waals surface area (Å²) >= 11 is 0. The lowest BCUT2D eigenvalue weighted by molar-refractivity contribution is 0.109. The molecule has 1 heterocycles. The lowest BCUT2D eigenvalue weighted by atomic mass is 10.3. The first-order valence-corrected chi connectivity index (χ1v) is 6.12. The molecular weight excluding hydrogens is 242 g/mol. The van der Waals surface area contributed by atoms with E-state index in [-0.39, 0.29) is 21.9 Å². The molecular formula is C8H4ClNO4S. The van der Waals surface area contributed by atoms with Gasteiger partial charge in [-0.2, -0.15) is 0 Å². The maximum atomic E-state index is 11.1. The van der Waals surface area contributed by atoms with E-state index < -0.39 is 9.05 Å². The molecule has 1 aromatic heterocycles. The Kier molecular flexibility index (Phi) is 2.24. The van der Waals surface area contributed by atoms with Crippen LogP contribution in [-0.4, -0.2) is 19.7 Å². The third-order valence-corrected chi connectivity index (χ3v) is 3.12. The summed E-state index contributed by atoms with van der Waals surface area (Å²) in [6, 6.07) is 4.25. The molecule has 0 aliphatic carbocycles. The number of hydrogen-bond acceptors (Lipinski definition) is 5. The zero-order valence-electron chi connectivity index (χ0n) is 7.18. The van der Waals surface area contributed by atoms with Gasteiger partial charge in [0.15, 0.2) is 5.58 Å². The van der Waals surface area contributed by atoms with Crippen LogP contribution in [0.4, 0.5) is 0 Å². The molecule has 0 atom stereocenters. The van der Waals surface area contributed by atoms with Gasteiger partial charge in [0.25, 0.3) is 14.9 Å². The summed E-state index contributed by atoms with van der Waals surface area (Å²) in [7, 11) is 1.30. The van der Waals surface area contributed by atoms with Gasteiger partial charge in [-0.3, -0.25) is 4.79 Å². The first-order valence-electron chi connectivity index (χ1n) is 3.82. The third kappa shape index (κ3) is 1.73. The Hall–Kier alpha value is -1.40. The minimum absolute atomic E-state index is 0.0644. The molecule has 0 amide bonds. The van der Waals surface area contributed by atoms with Gasteiger partial charge in [0.1, 0.15) is 10.4 Å². The lowest BCUT2D eigenvalue weighted by Gasteiger charge is -1.94. The number of aldehydes is 1. The van der Waals surface area contributed by atoms with Gasteiger partial charge in [0.05, 0.1) is 0 Å². The Morgan fingerprint density at radius 3 is 2.73 bits per heavy atom.